The number of fused-ring (bicyclic) bond motifs is 1. The van der Waals surface area contributed by atoms with Crippen LogP contribution in [-0.2, 0) is 20.9 Å². The van der Waals surface area contributed by atoms with Gasteiger partial charge in [0, 0.05) is 4.90 Å². The van der Waals surface area contributed by atoms with Gasteiger partial charge in [-0.2, -0.15) is 0 Å². The largest absolute Gasteiger partial charge is 0.459 e. The first-order valence-electron chi connectivity index (χ1n) is 7.89. The Balaban J connectivity index is 1.33. The number of thioether (sulfide) groups is 1. The summed E-state index contributed by atoms with van der Waals surface area (Å²) in [6, 6.07) is 11.3. The standard InChI is InChI=1S/C18H14N2O4S2/c21-16(8-15-17(22)20-12-4-1-2-5-13(12)26-15)23-9-11-10-24-18(19-11)14-6-3-7-25-14/h1-7,10,15H,8-9H2,(H,20,22)/t15-/m0/s1. The zero-order chi connectivity index (χ0) is 17.9. The zero-order valence-corrected chi connectivity index (χ0v) is 15.1. The predicted molar refractivity (Wildman–Crippen MR) is 98.9 cm³/mol. The number of oxazole rings is 1. The highest BCUT2D eigenvalue weighted by molar-refractivity contribution is 8.01. The molecule has 0 unspecified atom stereocenters. The van der Waals surface area contributed by atoms with E-state index in [0.29, 0.717) is 11.6 Å². The van der Waals surface area contributed by atoms with Crippen LogP contribution in [0.2, 0.25) is 0 Å². The first kappa shape index (κ1) is 16.9. The molecule has 1 amide bonds. The molecule has 0 bridgehead atoms. The number of aromatic nitrogens is 1. The average Bonchev–Trinajstić information content (AvgIpc) is 3.32. The average molecular weight is 386 g/mol. The van der Waals surface area contributed by atoms with Crippen molar-refractivity contribution in [3.05, 3.63) is 53.7 Å². The molecule has 0 spiro atoms. The molecule has 6 nitrogen and oxygen atoms in total. The second-order valence-electron chi connectivity index (χ2n) is 5.58. The zero-order valence-electron chi connectivity index (χ0n) is 13.5. The number of carbonyl (C=O) groups excluding carboxylic acids is 2. The van der Waals surface area contributed by atoms with Gasteiger partial charge in [-0.1, -0.05) is 18.2 Å². The fourth-order valence-corrected chi connectivity index (χ4v) is 4.23. The Morgan fingerprint density at radius 2 is 2.15 bits per heavy atom. The minimum absolute atomic E-state index is 0.000464. The van der Waals surface area contributed by atoms with Crippen LogP contribution in [0.1, 0.15) is 12.1 Å². The number of ether oxygens (including phenoxy) is 1. The molecule has 2 aromatic heterocycles. The van der Waals surface area contributed by atoms with Crippen molar-refractivity contribution in [2.45, 2.75) is 23.2 Å². The van der Waals surface area contributed by atoms with E-state index >= 15 is 0 Å². The number of amides is 1. The highest BCUT2D eigenvalue weighted by Gasteiger charge is 2.29. The first-order valence-corrected chi connectivity index (χ1v) is 9.65. The van der Waals surface area contributed by atoms with Crippen LogP contribution in [0, 0.1) is 0 Å². The Hall–Kier alpha value is -2.58. The van der Waals surface area contributed by atoms with Gasteiger partial charge in [-0.05, 0) is 23.6 Å². The van der Waals surface area contributed by atoms with Crippen molar-refractivity contribution < 1.29 is 18.7 Å². The van der Waals surface area contributed by atoms with Crippen LogP contribution >= 0.6 is 23.1 Å². The molecular formula is C18H14N2O4S2. The van der Waals surface area contributed by atoms with E-state index < -0.39 is 11.2 Å². The Kier molecular flexibility index (Phi) is 4.77. The van der Waals surface area contributed by atoms with Crippen LogP contribution in [0.5, 0.6) is 0 Å². The molecule has 1 N–H and O–H groups in total. The first-order chi connectivity index (χ1) is 12.7. The summed E-state index contributed by atoms with van der Waals surface area (Å²) in [5.74, 6) is -0.130. The smallest absolute Gasteiger partial charge is 0.307 e. The SMILES string of the molecule is O=C(C[C@@H]1Sc2ccccc2NC1=O)OCc1coc(-c2cccs2)n1. The third kappa shape index (κ3) is 3.66. The second-order valence-corrected chi connectivity index (χ2v) is 7.77. The maximum Gasteiger partial charge on any atom is 0.307 e. The molecular weight excluding hydrogens is 372 g/mol. The van der Waals surface area contributed by atoms with Crippen LogP contribution in [0.25, 0.3) is 10.8 Å². The molecule has 0 radical (unpaired) electrons. The lowest BCUT2D eigenvalue weighted by atomic mass is 10.2. The second kappa shape index (κ2) is 7.35. The number of carbonyl (C=O) groups is 2. The lowest BCUT2D eigenvalue weighted by molar-refractivity contribution is -0.145. The van der Waals surface area contributed by atoms with Gasteiger partial charge in [-0.25, -0.2) is 4.98 Å². The number of nitrogens with zero attached hydrogens (tertiary/aromatic N) is 1. The fourth-order valence-electron chi connectivity index (χ4n) is 2.48. The van der Waals surface area contributed by atoms with E-state index in [2.05, 4.69) is 10.3 Å². The van der Waals surface area contributed by atoms with Gasteiger partial charge >= 0.3 is 5.97 Å². The molecule has 0 fully saturated rings. The van der Waals surface area contributed by atoms with Gasteiger partial charge in [0.2, 0.25) is 11.8 Å². The number of anilines is 1. The molecule has 0 saturated carbocycles. The number of thiophene rings is 1. The van der Waals surface area contributed by atoms with Crippen molar-refractivity contribution in [1.82, 2.24) is 4.98 Å². The highest BCUT2D eigenvalue weighted by atomic mass is 32.2. The molecule has 0 saturated heterocycles. The maximum absolute atomic E-state index is 12.1. The van der Waals surface area contributed by atoms with Gasteiger partial charge in [0.15, 0.2) is 0 Å². The Morgan fingerprint density at radius 3 is 3.00 bits per heavy atom. The number of benzene rings is 1. The van der Waals surface area contributed by atoms with Gasteiger partial charge in [-0.3, -0.25) is 9.59 Å². The Labute approximate surface area is 157 Å². The quantitative estimate of drug-likeness (QED) is 0.669. The minimum atomic E-state index is -0.503. The normalized spacial score (nSPS) is 16.0. The third-order valence-corrected chi connectivity index (χ3v) is 5.86. The van der Waals surface area contributed by atoms with E-state index in [9.17, 15) is 9.59 Å². The summed E-state index contributed by atoms with van der Waals surface area (Å²) in [6.07, 6.45) is 1.47. The van der Waals surface area contributed by atoms with Crippen LogP contribution in [-0.4, -0.2) is 22.1 Å². The van der Waals surface area contributed by atoms with E-state index in [1.165, 1.54) is 29.4 Å². The molecule has 1 atom stereocenters. The van der Waals surface area contributed by atoms with Gasteiger partial charge in [0.1, 0.15) is 18.6 Å². The molecule has 1 aliphatic heterocycles. The number of esters is 1. The molecule has 1 aliphatic rings. The lowest BCUT2D eigenvalue weighted by Gasteiger charge is -2.23. The van der Waals surface area contributed by atoms with E-state index in [0.717, 1.165) is 15.5 Å². The molecule has 4 rings (SSSR count). The molecule has 8 heteroatoms. The molecule has 0 aliphatic carbocycles. The monoisotopic (exact) mass is 386 g/mol. The van der Waals surface area contributed by atoms with Gasteiger partial charge < -0.3 is 14.5 Å². The molecule has 1 aromatic carbocycles. The van der Waals surface area contributed by atoms with E-state index in [4.69, 9.17) is 9.15 Å². The van der Waals surface area contributed by atoms with Crippen molar-refractivity contribution in [1.29, 1.82) is 0 Å². The van der Waals surface area contributed by atoms with Gasteiger partial charge in [0.25, 0.3) is 0 Å². The highest BCUT2D eigenvalue weighted by Crippen LogP contribution is 2.36. The predicted octanol–water partition coefficient (Wildman–Crippen LogP) is 3.95. The number of rotatable bonds is 5. The molecule has 3 aromatic rings. The van der Waals surface area contributed by atoms with Crippen LogP contribution in [0.3, 0.4) is 0 Å². The van der Waals surface area contributed by atoms with E-state index in [1.807, 2.05) is 41.8 Å². The van der Waals surface area contributed by atoms with E-state index in [1.54, 1.807) is 0 Å². The fraction of sp³-hybridized carbons (Fsp3) is 0.167. The summed E-state index contributed by atoms with van der Waals surface area (Å²) < 4.78 is 10.6. The minimum Gasteiger partial charge on any atom is -0.459 e. The number of hydrogen-bond donors (Lipinski definition) is 1. The number of para-hydroxylation sites is 1. The van der Waals surface area contributed by atoms with Crippen LogP contribution in [0.4, 0.5) is 5.69 Å². The van der Waals surface area contributed by atoms with Crippen molar-refractivity contribution in [2.75, 3.05) is 5.32 Å². The topological polar surface area (TPSA) is 81.4 Å². The Bertz CT molecular complexity index is 936. The third-order valence-electron chi connectivity index (χ3n) is 3.72. The Morgan fingerprint density at radius 1 is 1.27 bits per heavy atom. The van der Waals surface area contributed by atoms with Crippen molar-refractivity contribution in [2.24, 2.45) is 0 Å². The molecule has 26 heavy (non-hydrogen) atoms. The summed E-state index contributed by atoms with van der Waals surface area (Å²) >= 11 is 2.89. The van der Waals surface area contributed by atoms with Crippen LogP contribution < -0.4 is 5.32 Å². The van der Waals surface area contributed by atoms with Gasteiger partial charge in [0.05, 0.1) is 22.2 Å². The van der Waals surface area contributed by atoms with Crippen LogP contribution in [0.15, 0.2) is 57.4 Å². The number of nitrogens with one attached hydrogen (secondary N) is 1. The lowest BCUT2D eigenvalue weighted by Crippen LogP contribution is -2.31. The summed E-state index contributed by atoms with van der Waals surface area (Å²) in [5.41, 5.74) is 1.31. The summed E-state index contributed by atoms with van der Waals surface area (Å²) in [6.45, 7) is 0.0172. The van der Waals surface area contributed by atoms with Crippen molar-refractivity contribution in [3.8, 4) is 10.8 Å². The maximum atomic E-state index is 12.1. The van der Waals surface area contributed by atoms with E-state index in [-0.39, 0.29) is 18.9 Å². The summed E-state index contributed by atoms with van der Waals surface area (Å²) in [5, 5.41) is 4.25. The summed E-state index contributed by atoms with van der Waals surface area (Å²) in [7, 11) is 0. The summed E-state index contributed by atoms with van der Waals surface area (Å²) in [4.78, 5) is 30.4. The molecule has 3 heterocycles. The van der Waals surface area contributed by atoms with Crippen molar-refractivity contribution >= 4 is 40.7 Å². The number of hydrogen-bond acceptors (Lipinski definition) is 7. The van der Waals surface area contributed by atoms with Crippen molar-refractivity contribution in [3.63, 3.8) is 0 Å². The van der Waals surface area contributed by atoms with Gasteiger partial charge in [-0.15, -0.1) is 23.1 Å². The molecule has 132 valence electrons.